The van der Waals surface area contributed by atoms with Crippen LogP contribution in [0, 0.1) is 0 Å². The van der Waals surface area contributed by atoms with E-state index in [1.807, 2.05) is 24.3 Å². The van der Waals surface area contributed by atoms with Crippen molar-refractivity contribution in [3.8, 4) is 0 Å². The quantitative estimate of drug-likeness (QED) is 0.544. The summed E-state index contributed by atoms with van der Waals surface area (Å²) in [6.45, 7) is 4.47. The van der Waals surface area contributed by atoms with Gasteiger partial charge in [0.15, 0.2) is 0 Å². The van der Waals surface area contributed by atoms with E-state index in [0.29, 0.717) is 6.04 Å². The number of likely N-dealkylation sites (N-methyl/N-ethyl adjacent to an activating group) is 1. The molecule has 4 N–H and O–H groups in total. The minimum atomic E-state index is 0.650. The zero-order valence-corrected chi connectivity index (χ0v) is 11.2. The van der Waals surface area contributed by atoms with E-state index in [2.05, 4.69) is 22.6 Å². The molecule has 1 aliphatic rings. The summed E-state index contributed by atoms with van der Waals surface area (Å²) >= 11 is 0. The van der Waals surface area contributed by atoms with Gasteiger partial charge in [0, 0.05) is 43.6 Å². The first-order valence-electron chi connectivity index (χ1n) is 6.75. The second kappa shape index (κ2) is 6.61. The molecule has 0 bridgehead atoms. The van der Waals surface area contributed by atoms with Crippen molar-refractivity contribution in [1.29, 1.82) is 0 Å². The molecule has 2 rings (SSSR count). The number of hydrogen-bond donors (Lipinski definition) is 3. The van der Waals surface area contributed by atoms with Crippen molar-refractivity contribution in [2.45, 2.75) is 18.9 Å². The largest absolute Gasteiger partial charge is 0.399 e. The van der Waals surface area contributed by atoms with Gasteiger partial charge in [0.25, 0.3) is 0 Å². The normalized spacial score (nSPS) is 20.8. The molecule has 1 heterocycles. The molecule has 0 aromatic heterocycles. The number of nitrogens with zero attached hydrogens (tertiary/aromatic N) is 1. The molecule has 0 aliphatic carbocycles. The maximum atomic E-state index is 5.65. The lowest BCUT2D eigenvalue weighted by molar-refractivity contribution is 0.231. The number of hydrogen-bond acceptors (Lipinski definition) is 4. The Morgan fingerprint density at radius 2 is 2.17 bits per heavy atom. The fraction of sp³-hybridized carbons (Fsp3) is 0.571. The van der Waals surface area contributed by atoms with E-state index in [0.717, 1.165) is 24.5 Å². The van der Waals surface area contributed by atoms with Gasteiger partial charge in [0.1, 0.15) is 0 Å². The van der Waals surface area contributed by atoms with Gasteiger partial charge in [0.2, 0.25) is 0 Å². The number of benzene rings is 1. The summed E-state index contributed by atoms with van der Waals surface area (Å²) in [7, 11) is 2.19. The molecular weight excluding hydrogens is 224 g/mol. The summed E-state index contributed by atoms with van der Waals surface area (Å²) in [5, 5.41) is 7.00. The van der Waals surface area contributed by atoms with Gasteiger partial charge in [0.05, 0.1) is 0 Å². The lowest BCUT2D eigenvalue weighted by atomic mass is 10.1. The number of nitrogens with one attached hydrogen (secondary N) is 2. The van der Waals surface area contributed by atoms with Crippen molar-refractivity contribution < 1.29 is 0 Å². The van der Waals surface area contributed by atoms with Crippen LogP contribution in [0.5, 0.6) is 0 Å². The Balaban J connectivity index is 1.62. The summed E-state index contributed by atoms with van der Waals surface area (Å²) in [6, 6.07) is 8.57. The molecule has 0 spiro atoms. The number of anilines is 2. The highest BCUT2D eigenvalue weighted by Gasteiger charge is 2.15. The van der Waals surface area contributed by atoms with Gasteiger partial charge in [-0.25, -0.2) is 0 Å². The van der Waals surface area contributed by atoms with Crippen LogP contribution in [0.1, 0.15) is 12.8 Å². The van der Waals surface area contributed by atoms with Crippen LogP contribution in [-0.4, -0.2) is 44.2 Å². The van der Waals surface area contributed by atoms with Gasteiger partial charge in [-0.05, 0) is 44.2 Å². The maximum Gasteiger partial charge on any atom is 0.0341 e. The summed E-state index contributed by atoms with van der Waals surface area (Å²) in [6.07, 6.45) is 2.42. The highest BCUT2D eigenvalue weighted by Crippen LogP contribution is 2.11. The first-order chi connectivity index (χ1) is 8.74. The molecule has 1 atom stereocenters. The molecule has 1 saturated heterocycles. The molecule has 0 saturated carbocycles. The molecule has 1 aromatic carbocycles. The van der Waals surface area contributed by atoms with Gasteiger partial charge < -0.3 is 21.3 Å². The first kappa shape index (κ1) is 13.2. The summed E-state index contributed by atoms with van der Waals surface area (Å²) < 4.78 is 0. The van der Waals surface area contributed by atoms with Crippen molar-refractivity contribution in [2.75, 3.05) is 44.3 Å². The van der Waals surface area contributed by atoms with Gasteiger partial charge in [-0.15, -0.1) is 0 Å². The zero-order valence-electron chi connectivity index (χ0n) is 11.2. The highest BCUT2D eigenvalue weighted by molar-refractivity contribution is 5.51. The predicted molar refractivity (Wildman–Crippen MR) is 77.9 cm³/mol. The number of nitrogen functional groups attached to an aromatic ring is 1. The third-order valence-corrected chi connectivity index (χ3v) is 3.43. The zero-order chi connectivity index (χ0) is 12.8. The minimum absolute atomic E-state index is 0.650. The molecular formula is C14H24N4. The van der Waals surface area contributed by atoms with Crippen molar-refractivity contribution in [3.05, 3.63) is 24.3 Å². The second-order valence-corrected chi connectivity index (χ2v) is 5.10. The molecule has 0 amide bonds. The maximum absolute atomic E-state index is 5.65. The van der Waals surface area contributed by atoms with Crippen LogP contribution in [0.2, 0.25) is 0 Å². The smallest absolute Gasteiger partial charge is 0.0341 e. The SMILES string of the molecule is CN1CCNC(CCCNc2ccc(N)cc2)C1. The molecule has 0 radical (unpaired) electrons. The Morgan fingerprint density at radius 1 is 1.39 bits per heavy atom. The van der Waals surface area contributed by atoms with E-state index in [1.54, 1.807) is 0 Å². The van der Waals surface area contributed by atoms with E-state index in [9.17, 15) is 0 Å². The topological polar surface area (TPSA) is 53.3 Å². The molecule has 100 valence electrons. The monoisotopic (exact) mass is 248 g/mol. The van der Waals surface area contributed by atoms with Crippen LogP contribution in [0.3, 0.4) is 0 Å². The van der Waals surface area contributed by atoms with Gasteiger partial charge in [-0.1, -0.05) is 0 Å². The van der Waals surface area contributed by atoms with E-state index >= 15 is 0 Å². The second-order valence-electron chi connectivity index (χ2n) is 5.10. The number of nitrogens with two attached hydrogens (primary N) is 1. The molecule has 1 aliphatic heterocycles. The van der Waals surface area contributed by atoms with Gasteiger partial charge in [-0.2, -0.15) is 0 Å². The molecule has 1 unspecified atom stereocenters. The fourth-order valence-corrected chi connectivity index (χ4v) is 2.37. The van der Waals surface area contributed by atoms with Gasteiger partial charge in [-0.3, -0.25) is 0 Å². The summed E-state index contributed by atoms with van der Waals surface area (Å²) in [4.78, 5) is 2.40. The lowest BCUT2D eigenvalue weighted by Crippen LogP contribution is -2.49. The van der Waals surface area contributed by atoms with Crippen molar-refractivity contribution in [3.63, 3.8) is 0 Å². The van der Waals surface area contributed by atoms with Crippen molar-refractivity contribution >= 4 is 11.4 Å². The minimum Gasteiger partial charge on any atom is -0.399 e. The average Bonchev–Trinajstić information content (AvgIpc) is 2.37. The Bertz CT molecular complexity index is 349. The predicted octanol–water partition coefficient (Wildman–Crippen LogP) is 1.36. The molecule has 1 aromatic rings. The van der Waals surface area contributed by atoms with E-state index in [-0.39, 0.29) is 0 Å². The van der Waals surface area contributed by atoms with Crippen LogP contribution >= 0.6 is 0 Å². The van der Waals surface area contributed by atoms with Crippen LogP contribution in [0.4, 0.5) is 11.4 Å². The van der Waals surface area contributed by atoms with Crippen LogP contribution < -0.4 is 16.4 Å². The Hall–Kier alpha value is -1.26. The number of rotatable bonds is 5. The van der Waals surface area contributed by atoms with Crippen LogP contribution in [0.15, 0.2) is 24.3 Å². The molecule has 4 heteroatoms. The number of piperazine rings is 1. The molecule has 18 heavy (non-hydrogen) atoms. The Morgan fingerprint density at radius 3 is 2.89 bits per heavy atom. The Kier molecular flexibility index (Phi) is 4.84. The molecule has 4 nitrogen and oxygen atoms in total. The van der Waals surface area contributed by atoms with Gasteiger partial charge >= 0.3 is 0 Å². The summed E-state index contributed by atoms with van der Waals surface area (Å²) in [5.74, 6) is 0. The van der Waals surface area contributed by atoms with E-state index < -0.39 is 0 Å². The standard InChI is InChI=1S/C14H24N4/c1-18-10-9-17-14(11-18)3-2-8-16-13-6-4-12(15)5-7-13/h4-7,14,16-17H,2-3,8-11,15H2,1H3. The first-order valence-corrected chi connectivity index (χ1v) is 6.75. The van der Waals surface area contributed by atoms with Crippen molar-refractivity contribution in [1.82, 2.24) is 10.2 Å². The van der Waals surface area contributed by atoms with E-state index in [1.165, 1.54) is 25.9 Å². The Labute approximate surface area is 110 Å². The van der Waals surface area contributed by atoms with Crippen molar-refractivity contribution in [2.24, 2.45) is 0 Å². The third-order valence-electron chi connectivity index (χ3n) is 3.43. The highest BCUT2D eigenvalue weighted by atomic mass is 15.2. The molecule has 1 fully saturated rings. The van der Waals surface area contributed by atoms with E-state index in [4.69, 9.17) is 5.73 Å². The average molecular weight is 248 g/mol. The fourth-order valence-electron chi connectivity index (χ4n) is 2.37. The lowest BCUT2D eigenvalue weighted by Gasteiger charge is -2.30. The third kappa shape index (κ3) is 4.20. The summed E-state index contributed by atoms with van der Waals surface area (Å²) in [5.41, 5.74) is 7.62. The van der Waals surface area contributed by atoms with Crippen LogP contribution in [-0.2, 0) is 0 Å². The van der Waals surface area contributed by atoms with Crippen LogP contribution in [0.25, 0.3) is 0 Å².